The summed E-state index contributed by atoms with van der Waals surface area (Å²) >= 11 is 0. The molecule has 0 saturated heterocycles. The molecular formula is C23H48P2Si2. The Hall–Kier alpha value is 0.774. The minimum atomic E-state index is -1.32. The third-order valence-electron chi connectivity index (χ3n) is 6.33. The van der Waals surface area contributed by atoms with E-state index in [9.17, 15) is 0 Å². The zero-order valence-corrected chi connectivity index (χ0v) is 24.3. The topological polar surface area (TPSA) is 0 Å². The minimum Gasteiger partial charge on any atom is -0.104 e. The van der Waals surface area contributed by atoms with Gasteiger partial charge in [-0.1, -0.05) is 104 Å². The second-order valence-electron chi connectivity index (χ2n) is 11.0. The quantitative estimate of drug-likeness (QED) is 0.235. The van der Waals surface area contributed by atoms with Crippen molar-refractivity contribution < 1.29 is 0 Å². The van der Waals surface area contributed by atoms with E-state index >= 15 is 0 Å². The van der Waals surface area contributed by atoms with Crippen LogP contribution < -0.4 is 0 Å². The predicted molar refractivity (Wildman–Crippen MR) is 140 cm³/mol. The molecule has 0 atom stereocenters. The van der Waals surface area contributed by atoms with E-state index in [-0.39, 0.29) is 15.8 Å². The largest absolute Gasteiger partial charge is 0.104 e. The van der Waals surface area contributed by atoms with E-state index in [2.05, 4.69) is 93.7 Å². The molecule has 158 valence electrons. The number of rotatable bonds is 10. The molecule has 0 aromatic heterocycles. The minimum absolute atomic E-state index is 0.150. The average Bonchev–Trinajstić information content (AvgIpc) is 3.01. The predicted octanol–water partition coefficient (Wildman–Crippen LogP) is 8.41. The van der Waals surface area contributed by atoms with E-state index < -0.39 is 16.1 Å². The smallest absolute Gasteiger partial charge is 0.0844 e. The van der Waals surface area contributed by atoms with Crippen molar-refractivity contribution in [2.75, 3.05) is 11.6 Å². The van der Waals surface area contributed by atoms with Crippen LogP contribution in [0.1, 0.15) is 61.8 Å². The number of hydrogen-bond donors (Lipinski definition) is 0. The first-order valence-electron chi connectivity index (χ1n) is 11.1. The van der Waals surface area contributed by atoms with Crippen molar-refractivity contribution in [3.63, 3.8) is 0 Å². The maximum absolute atomic E-state index is 2.72. The van der Waals surface area contributed by atoms with Crippen LogP contribution in [0.3, 0.4) is 0 Å². The van der Waals surface area contributed by atoms with E-state index in [0.717, 1.165) is 22.6 Å². The van der Waals surface area contributed by atoms with Gasteiger partial charge in [-0.15, -0.1) is 15.8 Å². The summed E-state index contributed by atoms with van der Waals surface area (Å²) in [5.74, 6) is 3.04. The van der Waals surface area contributed by atoms with E-state index in [1.54, 1.807) is 5.20 Å². The van der Waals surface area contributed by atoms with Crippen LogP contribution in [0.25, 0.3) is 0 Å². The molecule has 0 amide bonds. The van der Waals surface area contributed by atoms with Crippen molar-refractivity contribution in [3.8, 4) is 0 Å². The first-order chi connectivity index (χ1) is 12.2. The van der Waals surface area contributed by atoms with Gasteiger partial charge in [-0.3, -0.25) is 0 Å². The van der Waals surface area contributed by atoms with Crippen LogP contribution in [-0.2, 0) is 0 Å². The summed E-state index contributed by atoms with van der Waals surface area (Å²) in [5.41, 5.74) is 3.47. The van der Waals surface area contributed by atoms with Crippen molar-refractivity contribution >= 4 is 32.0 Å². The first kappa shape index (κ1) is 25.8. The monoisotopic (exact) mass is 442 g/mol. The number of allylic oxidation sites excluding steroid dienone is 4. The molecule has 0 aromatic carbocycles. The van der Waals surface area contributed by atoms with E-state index in [1.165, 1.54) is 18.0 Å². The molecule has 0 nitrogen and oxygen atoms in total. The molecule has 0 saturated carbocycles. The van der Waals surface area contributed by atoms with Crippen LogP contribution in [0.15, 0.2) is 22.5 Å². The highest BCUT2D eigenvalue weighted by atomic mass is 31.1. The van der Waals surface area contributed by atoms with Crippen molar-refractivity contribution in [1.82, 2.24) is 0 Å². The summed E-state index contributed by atoms with van der Waals surface area (Å²) < 4.78 is 0. The molecule has 0 N–H and O–H groups in total. The van der Waals surface area contributed by atoms with Crippen molar-refractivity contribution in [2.24, 2.45) is 0 Å². The first-order valence-corrected chi connectivity index (χ1v) is 20.9. The third kappa shape index (κ3) is 7.20. The van der Waals surface area contributed by atoms with Gasteiger partial charge in [0.25, 0.3) is 0 Å². The van der Waals surface area contributed by atoms with Crippen LogP contribution in [0, 0.1) is 0 Å². The van der Waals surface area contributed by atoms with Gasteiger partial charge in [-0.05, 0) is 40.6 Å². The Balaban J connectivity index is 2.96. The standard InChI is InChI=1S/C23H48P2Si2/c1-18(2)24(19(3)4)16-26(9,10)22-13-14-23(15-22)27(11,12)17-25(20(5)6)21(7)8/h13,15,18-21H,14,16-17H2,1-12H3. The summed E-state index contributed by atoms with van der Waals surface area (Å²) in [7, 11) is -2.31. The third-order valence-corrected chi connectivity index (χ3v) is 24.9. The fourth-order valence-corrected chi connectivity index (χ4v) is 24.1. The summed E-state index contributed by atoms with van der Waals surface area (Å²) in [6.07, 6.45) is 6.64. The second kappa shape index (κ2) is 10.2. The molecule has 0 spiro atoms. The maximum Gasteiger partial charge on any atom is 0.0844 e. The van der Waals surface area contributed by atoms with Gasteiger partial charge >= 0.3 is 0 Å². The molecule has 0 unspecified atom stereocenters. The van der Waals surface area contributed by atoms with Gasteiger partial charge in [-0.25, -0.2) is 0 Å². The van der Waals surface area contributed by atoms with Gasteiger partial charge in [0.05, 0.1) is 16.1 Å². The summed E-state index contributed by atoms with van der Waals surface area (Å²) in [6, 6.07) is 0. The van der Waals surface area contributed by atoms with E-state index in [4.69, 9.17) is 0 Å². The van der Waals surface area contributed by atoms with Crippen molar-refractivity contribution in [1.29, 1.82) is 0 Å². The molecule has 1 aliphatic rings. The van der Waals surface area contributed by atoms with Crippen LogP contribution in [-0.4, -0.2) is 50.4 Å². The lowest BCUT2D eigenvalue weighted by molar-refractivity contribution is 1.01. The lowest BCUT2D eigenvalue weighted by Gasteiger charge is -2.35. The van der Waals surface area contributed by atoms with Gasteiger partial charge in [0.15, 0.2) is 0 Å². The maximum atomic E-state index is 2.72. The highest BCUT2D eigenvalue weighted by molar-refractivity contribution is 7.62. The Bertz CT molecular complexity index is 527. The molecular weight excluding hydrogens is 394 g/mol. The summed E-state index contributed by atoms with van der Waals surface area (Å²) in [6.45, 7) is 30.2. The fraction of sp³-hybridized carbons (Fsp3) is 0.826. The zero-order chi connectivity index (χ0) is 21.2. The van der Waals surface area contributed by atoms with E-state index in [1.807, 2.05) is 5.20 Å². The summed E-state index contributed by atoms with van der Waals surface area (Å²) in [4.78, 5) is 0. The van der Waals surface area contributed by atoms with Gasteiger partial charge in [0, 0.05) is 0 Å². The molecule has 0 heterocycles. The highest BCUT2D eigenvalue weighted by Crippen LogP contribution is 2.51. The Kier molecular flexibility index (Phi) is 9.74. The number of hydrogen-bond acceptors (Lipinski definition) is 0. The molecule has 0 radical (unpaired) electrons. The summed E-state index contributed by atoms with van der Waals surface area (Å²) in [5, 5.41) is 3.63. The Labute approximate surface area is 176 Å². The molecule has 27 heavy (non-hydrogen) atoms. The molecule has 0 aliphatic heterocycles. The molecule has 0 bridgehead atoms. The normalized spacial score (nSPS) is 16.5. The van der Waals surface area contributed by atoms with Crippen LogP contribution in [0.4, 0.5) is 0 Å². The molecule has 0 aromatic rings. The lowest BCUT2D eigenvalue weighted by Crippen LogP contribution is -2.36. The van der Waals surface area contributed by atoms with Crippen LogP contribution in [0.5, 0.6) is 0 Å². The molecule has 1 rings (SSSR count). The van der Waals surface area contributed by atoms with Gasteiger partial charge in [0.1, 0.15) is 0 Å². The van der Waals surface area contributed by atoms with Crippen LogP contribution in [0.2, 0.25) is 26.2 Å². The average molecular weight is 443 g/mol. The van der Waals surface area contributed by atoms with Crippen LogP contribution >= 0.6 is 15.8 Å². The van der Waals surface area contributed by atoms with Crippen molar-refractivity contribution in [3.05, 3.63) is 22.5 Å². The second-order valence-corrected chi connectivity index (χ2v) is 28.5. The zero-order valence-electron chi connectivity index (χ0n) is 20.5. The molecule has 0 fully saturated rings. The fourth-order valence-electron chi connectivity index (χ4n) is 4.50. The van der Waals surface area contributed by atoms with Gasteiger partial charge < -0.3 is 0 Å². The Morgan fingerprint density at radius 1 is 0.704 bits per heavy atom. The van der Waals surface area contributed by atoms with Gasteiger partial charge in [0.2, 0.25) is 0 Å². The Morgan fingerprint density at radius 2 is 1.07 bits per heavy atom. The molecule has 4 heteroatoms. The van der Waals surface area contributed by atoms with Crippen molar-refractivity contribution in [2.45, 2.75) is 111 Å². The highest BCUT2D eigenvalue weighted by Gasteiger charge is 2.37. The molecule has 1 aliphatic carbocycles. The SMILES string of the molecule is CC(C)P(C[Si](C)(C)C1=CCC([Si](C)(C)CP(C(C)C)C(C)C)=C1)C(C)C. The van der Waals surface area contributed by atoms with Gasteiger partial charge in [-0.2, -0.15) is 0 Å². The lowest BCUT2D eigenvalue weighted by atomic mass is 10.5. The van der Waals surface area contributed by atoms with E-state index in [0.29, 0.717) is 0 Å². The Morgan fingerprint density at radius 3 is 1.44 bits per heavy atom.